The lowest BCUT2D eigenvalue weighted by Gasteiger charge is -2.32. The molecule has 2 amide bonds. The van der Waals surface area contributed by atoms with Crippen molar-refractivity contribution in [3.05, 3.63) is 77.2 Å². The van der Waals surface area contributed by atoms with E-state index in [1.165, 1.54) is 32.5 Å². The number of carbonyl (C=O) groups excluding carboxylic acids is 2. The smallest absolute Gasteiger partial charge is 0.290 e. The van der Waals surface area contributed by atoms with Crippen LogP contribution in [0.15, 0.2) is 59.2 Å². The zero-order valence-corrected chi connectivity index (χ0v) is 21.8. The zero-order valence-electron chi connectivity index (χ0n) is 21.8. The summed E-state index contributed by atoms with van der Waals surface area (Å²) in [6.07, 6.45) is 5.41. The molecule has 1 saturated carbocycles. The van der Waals surface area contributed by atoms with Crippen molar-refractivity contribution >= 4 is 11.8 Å². The maximum atomic E-state index is 14.0. The summed E-state index contributed by atoms with van der Waals surface area (Å²) in [5.41, 5.74) is 2.53. The van der Waals surface area contributed by atoms with Gasteiger partial charge in [0.05, 0.1) is 27.6 Å². The molecule has 1 atom stereocenters. The lowest BCUT2D eigenvalue weighted by molar-refractivity contribution is -0.126. The van der Waals surface area contributed by atoms with E-state index in [0.29, 0.717) is 22.8 Å². The fraction of sp³-hybridized carbons (Fsp3) is 0.379. The summed E-state index contributed by atoms with van der Waals surface area (Å²) in [5, 5.41) is 3.18. The lowest BCUT2D eigenvalue weighted by Crippen LogP contribution is -2.45. The Bertz CT molecular complexity index is 1170. The molecule has 2 aromatic carbocycles. The minimum absolute atomic E-state index is 0.0666. The van der Waals surface area contributed by atoms with Gasteiger partial charge in [0.25, 0.3) is 5.91 Å². The van der Waals surface area contributed by atoms with Crippen molar-refractivity contribution in [3.63, 3.8) is 0 Å². The fourth-order valence-electron chi connectivity index (χ4n) is 4.79. The van der Waals surface area contributed by atoms with Crippen molar-refractivity contribution in [1.29, 1.82) is 0 Å². The van der Waals surface area contributed by atoms with E-state index in [2.05, 4.69) is 5.32 Å². The van der Waals surface area contributed by atoms with Crippen LogP contribution >= 0.6 is 0 Å². The van der Waals surface area contributed by atoms with Gasteiger partial charge in [-0.15, -0.1) is 0 Å². The van der Waals surface area contributed by atoms with Crippen molar-refractivity contribution in [3.8, 4) is 17.2 Å². The minimum atomic E-state index is -0.979. The van der Waals surface area contributed by atoms with Gasteiger partial charge in [0.1, 0.15) is 6.04 Å². The van der Waals surface area contributed by atoms with Crippen LogP contribution in [-0.2, 0) is 11.3 Å². The molecule has 0 spiro atoms. The van der Waals surface area contributed by atoms with Crippen LogP contribution in [0.2, 0.25) is 0 Å². The van der Waals surface area contributed by atoms with Crippen LogP contribution in [0.1, 0.15) is 59.0 Å². The van der Waals surface area contributed by atoms with E-state index in [9.17, 15) is 9.59 Å². The molecule has 0 aliphatic heterocycles. The van der Waals surface area contributed by atoms with E-state index in [1.807, 2.05) is 31.2 Å². The summed E-state index contributed by atoms with van der Waals surface area (Å²) in [7, 11) is 4.56. The minimum Gasteiger partial charge on any atom is -0.493 e. The predicted octanol–water partition coefficient (Wildman–Crippen LogP) is 5.06. The summed E-state index contributed by atoms with van der Waals surface area (Å²) in [6, 6.07) is 13.7. The molecule has 0 unspecified atom stereocenters. The van der Waals surface area contributed by atoms with Crippen molar-refractivity contribution in [1.82, 2.24) is 10.2 Å². The van der Waals surface area contributed by atoms with Gasteiger partial charge in [0.2, 0.25) is 11.7 Å². The van der Waals surface area contributed by atoms with E-state index < -0.39 is 11.9 Å². The number of aryl methyl sites for hydroxylation is 1. The molecular weight excluding hydrogens is 472 g/mol. The third kappa shape index (κ3) is 5.90. The van der Waals surface area contributed by atoms with Crippen molar-refractivity contribution in [2.45, 2.75) is 51.2 Å². The first-order valence-electron chi connectivity index (χ1n) is 12.5. The number of rotatable bonds is 10. The van der Waals surface area contributed by atoms with E-state index in [0.717, 1.165) is 36.8 Å². The van der Waals surface area contributed by atoms with Gasteiger partial charge in [0.15, 0.2) is 17.3 Å². The molecule has 0 radical (unpaired) electrons. The lowest BCUT2D eigenvalue weighted by atomic mass is 10.0. The third-order valence-electron chi connectivity index (χ3n) is 6.73. The fourth-order valence-corrected chi connectivity index (χ4v) is 4.79. The molecule has 4 rings (SSSR count). The number of nitrogens with zero attached hydrogens (tertiary/aromatic N) is 1. The van der Waals surface area contributed by atoms with Crippen LogP contribution in [0.25, 0.3) is 0 Å². The van der Waals surface area contributed by atoms with Crippen molar-refractivity contribution < 1.29 is 28.2 Å². The van der Waals surface area contributed by atoms with Gasteiger partial charge < -0.3 is 28.8 Å². The molecule has 1 fully saturated rings. The van der Waals surface area contributed by atoms with Gasteiger partial charge in [-0.1, -0.05) is 42.7 Å². The highest BCUT2D eigenvalue weighted by atomic mass is 16.5. The number of carbonyl (C=O) groups is 2. The summed E-state index contributed by atoms with van der Waals surface area (Å²) >= 11 is 0. The second-order valence-electron chi connectivity index (χ2n) is 9.25. The summed E-state index contributed by atoms with van der Waals surface area (Å²) in [5.74, 6) is 0.691. The van der Waals surface area contributed by atoms with Crippen molar-refractivity contribution in [2.24, 2.45) is 0 Å². The van der Waals surface area contributed by atoms with E-state index in [-0.39, 0.29) is 24.3 Å². The van der Waals surface area contributed by atoms with Crippen LogP contribution in [0.4, 0.5) is 0 Å². The van der Waals surface area contributed by atoms with Gasteiger partial charge >= 0.3 is 0 Å². The largest absolute Gasteiger partial charge is 0.493 e. The second-order valence-corrected chi connectivity index (χ2v) is 9.25. The highest BCUT2D eigenvalue weighted by Gasteiger charge is 2.36. The van der Waals surface area contributed by atoms with E-state index >= 15 is 0 Å². The molecule has 37 heavy (non-hydrogen) atoms. The van der Waals surface area contributed by atoms with Gasteiger partial charge in [-0.25, -0.2) is 0 Å². The standard InChI is InChI=1S/C29H34N2O6/c1-19-11-13-20(14-12-19)18-31(29(33)23-10-7-15-37-23)26(28(32)30-22-8-5-6-9-22)21-16-24(34-2)27(36-4)25(17-21)35-3/h7,10-17,22,26H,5-6,8-9,18H2,1-4H3,(H,30,32)/t26-/m1/s1. The van der Waals surface area contributed by atoms with Crippen LogP contribution in [-0.4, -0.2) is 44.1 Å². The summed E-state index contributed by atoms with van der Waals surface area (Å²) < 4.78 is 22.1. The molecule has 8 heteroatoms. The first kappa shape index (κ1) is 26.1. The Morgan fingerprint density at radius 2 is 1.65 bits per heavy atom. The van der Waals surface area contributed by atoms with Crippen LogP contribution in [0.3, 0.4) is 0 Å². The third-order valence-corrected chi connectivity index (χ3v) is 6.73. The maximum Gasteiger partial charge on any atom is 0.290 e. The topological polar surface area (TPSA) is 90.2 Å². The normalized spacial score (nSPS) is 14.2. The van der Waals surface area contributed by atoms with Gasteiger partial charge in [-0.3, -0.25) is 9.59 Å². The quantitative estimate of drug-likeness (QED) is 0.414. The average Bonchev–Trinajstić information content (AvgIpc) is 3.63. The Morgan fingerprint density at radius 3 is 2.19 bits per heavy atom. The molecule has 1 aliphatic carbocycles. The number of hydrogen-bond donors (Lipinski definition) is 1. The number of methoxy groups -OCH3 is 3. The maximum absolute atomic E-state index is 14.0. The number of furan rings is 1. The molecule has 196 valence electrons. The number of hydrogen-bond acceptors (Lipinski definition) is 6. The first-order chi connectivity index (χ1) is 17.9. The van der Waals surface area contributed by atoms with Gasteiger partial charge in [-0.05, 0) is 55.2 Å². The molecule has 1 aliphatic rings. The van der Waals surface area contributed by atoms with E-state index in [1.54, 1.807) is 24.3 Å². The first-order valence-corrected chi connectivity index (χ1v) is 12.5. The second kappa shape index (κ2) is 11.9. The summed E-state index contributed by atoms with van der Waals surface area (Å²) in [6.45, 7) is 2.20. The zero-order chi connectivity index (χ0) is 26.4. The van der Waals surface area contributed by atoms with Crippen molar-refractivity contribution in [2.75, 3.05) is 21.3 Å². The number of benzene rings is 2. The Morgan fingerprint density at radius 1 is 1.00 bits per heavy atom. The van der Waals surface area contributed by atoms with E-state index in [4.69, 9.17) is 18.6 Å². The molecular formula is C29H34N2O6. The van der Waals surface area contributed by atoms with Crippen LogP contribution in [0.5, 0.6) is 17.2 Å². The number of amides is 2. The Labute approximate surface area is 217 Å². The predicted molar refractivity (Wildman–Crippen MR) is 139 cm³/mol. The number of ether oxygens (including phenoxy) is 3. The molecule has 0 bridgehead atoms. The number of nitrogens with one attached hydrogen (secondary N) is 1. The van der Waals surface area contributed by atoms with Crippen LogP contribution < -0.4 is 19.5 Å². The molecule has 1 N–H and O–H groups in total. The highest BCUT2D eigenvalue weighted by Crippen LogP contribution is 2.41. The Kier molecular flexibility index (Phi) is 8.38. The van der Waals surface area contributed by atoms with Crippen LogP contribution in [0, 0.1) is 6.92 Å². The monoisotopic (exact) mass is 506 g/mol. The molecule has 8 nitrogen and oxygen atoms in total. The molecule has 3 aromatic rings. The molecule has 1 heterocycles. The molecule has 1 aromatic heterocycles. The summed E-state index contributed by atoms with van der Waals surface area (Å²) in [4.78, 5) is 29.3. The SMILES string of the molecule is COc1cc([C@H](C(=O)NC2CCCC2)N(Cc2ccc(C)cc2)C(=O)c2ccco2)cc(OC)c1OC. The molecule has 0 saturated heterocycles. The average molecular weight is 507 g/mol. The highest BCUT2D eigenvalue weighted by molar-refractivity contribution is 5.96. The Hall–Kier alpha value is -3.94. The van der Waals surface area contributed by atoms with Gasteiger partial charge in [0, 0.05) is 12.6 Å². The Balaban J connectivity index is 1.84. The van der Waals surface area contributed by atoms with Gasteiger partial charge in [-0.2, -0.15) is 0 Å².